The maximum absolute atomic E-state index is 12.1. The molecule has 0 bridgehead atoms. The first-order valence-corrected chi connectivity index (χ1v) is 10.3. The average Bonchev–Trinajstić information content (AvgIpc) is 3.10. The zero-order valence-electron chi connectivity index (χ0n) is 15.4. The number of sulfonamides is 1. The van der Waals surface area contributed by atoms with Crippen molar-refractivity contribution in [2.24, 2.45) is 5.14 Å². The van der Waals surface area contributed by atoms with E-state index in [2.05, 4.69) is 10.5 Å². The minimum Gasteiger partial charge on any atom is -0.356 e. The number of nitrogens with one attached hydrogen (secondary N) is 1. The maximum Gasteiger partial charge on any atom is 0.238 e. The highest BCUT2D eigenvalue weighted by Gasteiger charge is 2.11. The lowest BCUT2D eigenvalue weighted by Gasteiger charge is -2.05. The fourth-order valence-corrected chi connectivity index (χ4v) is 3.18. The third-order valence-corrected chi connectivity index (χ3v) is 5.15. The second-order valence-corrected chi connectivity index (χ2v) is 8.08. The fourth-order valence-electron chi connectivity index (χ4n) is 2.67. The number of nitrogens with two attached hydrogens (primary N) is 1. The summed E-state index contributed by atoms with van der Waals surface area (Å²) in [5.41, 5.74) is 3.52. The molecule has 0 aliphatic carbocycles. The largest absolute Gasteiger partial charge is 0.356 e. The number of carbonyl (C=O) groups excluding carboxylic acids is 1. The molecule has 0 radical (unpaired) electrons. The standard InChI is InChI=1S/C20H21N3O4S/c1-14-2-6-16(7-3-14)19-12-17(23-27-19)13-20(24)22-11-10-15-4-8-18(9-5-15)28(21,25)26/h2-9,12H,10-11,13H2,1H3,(H,22,24)(H2,21,25,26). The molecule has 7 nitrogen and oxygen atoms in total. The molecule has 0 saturated carbocycles. The summed E-state index contributed by atoms with van der Waals surface area (Å²) in [5, 5.41) is 11.8. The molecule has 0 saturated heterocycles. The van der Waals surface area contributed by atoms with E-state index in [1.54, 1.807) is 18.2 Å². The molecule has 1 heterocycles. The molecule has 2 aromatic carbocycles. The van der Waals surface area contributed by atoms with Gasteiger partial charge in [0.25, 0.3) is 0 Å². The van der Waals surface area contributed by atoms with Gasteiger partial charge in [-0.25, -0.2) is 13.6 Å². The summed E-state index contributed by atoms with van der Waals surface area (Å²) in [7, 11) is -3.69. The number of hydrogen-bond donors (Lipinski definition) is 2. The van der Waals surface area contributed by atoms with Crippen LogP contribution in [0.5, 0.6) is 0 Å². The van der Waals surface area contributed by atoms with Crippen LogP contribution in [0, 0.1) is 6.92 Å². The SMILES string of the molecule is Cc1ccc(-c2cc(CC(=O)NCCc3ccc(S(N)(=O)=O)cc3)no2)cc1. The molecule has 1 aromatic heterocycles. The number of carbonyl (C=O) groups is 1. The molecule has 3 rings (SSSR count). The Kier molecular flexibility index (Phi) is 5.91. The topological polar surface area (TPSA) is 115 Å². The first-order valence-electron chi connectivity index (χ1n) is 8.72. The molecule has 0 atom stereocenters. The number of aryl methyl sites for hydroxylation is 1. The molecule has 0 aliphatic heterocycles. The van der Waals surface area contributed by atoms with Crippen molar-refractivity contribution in [1.29, 1.82) is 0 Å². The molecule has 8 heteroatoms. The lowest BCUT2D eigenvalue weighted by Crippen LogP contribution is -2.27. The van der Waals surface area contributed by atoms with Crippen molar-refractivity contribution in [3.8, 4) is 11.3 Å². The van der Waals surface area contributed by atoms with E-state index in [4.69, 9.17) is 9.66 Å². The number of nitrogens with zero attached hydrogens (tertiary/aromatic N) is 1. The minimum absolute atomic E-state index is 0.0655. The lowest BCUT2D eigenvalue weighted by atomic mass is 10.1. The summed E-state index contributed by atoms with van der Waals surface area (Å²) in [6.45, 7) is 2.44. The number of primary sulfonamides is 1. The summed E-state index contributed by atoms with van der Waals surface area (Å²) in [5.74, 6) is 0.461. The molecule has 28 heavy (non-hydrogen) atoms. The average molecular weight is 399 g/mol. The van der Waals surface area contributed by atoms with Crippen LogP contribution in [0.1, 0.15) is 16.8 Å². The van der Waals surface area contributed by atoms with Crippen LogP contribution < -0.4 is 10.5 Å². The van der Waals surface area contributed by atoms with Gasteiger partial charge in [-0.15, -0.1) is 0 Å². The third-order valence-electron chi connectivity index (χ3n) is 4.22. The van der Waals surface area contributed by atoms with Crippen LogP contribution in [0.3, 0.4) is 0 Å². The van der Waals surface area contributed by atoms with Crippen molar-refractivity contribution < 1.29 is 17.7 Å². The summed E-state index contributed by atoms with van der Waals surface area (Å²) in [6, 6.07) is 15.9. The van der Waals surface area contributed by atoms with Gasteiger partial charge in [0.2, 0.25) is 15.9 Å². The minimum atomic E-state index is -3.69. The molecular weight excluding hydrogens is 378 g/mol. The first-order chi connectivity index (χ1) is 13.3. The molecule has 3 aromatic rings. The smallest absolute Gasteiger partial charge is 0.238 e. The van der Waals surface area contributed by atoms with E-state index in [0.29, 0.717) is 24.4 Å². The van der Waals surface area contributed by atoms with Crippen molar-refractivity contribution in [3.63, 3.8) is 0 Å². The van der Waals surface area contributed by atoms with Crippen LogP contribution >= 0.6 is 0 Å². The summed E-state index contributed by atoms with van der Waals surface area (Å²) in [6.07, 6.45) is 0.698. The Labute approximate surface area is 163 Å². The molecule has 0 aliphatic rings. The van der Waals surface area contributed by atoms with Crippen molar-refractivity contribution in [1.82, 2.24) is 10.5 Å². The second-order valence-electron chi connectivity index (χ2n) is 6.51. The van der Waals surface area contributed by atoms with Gasteiger partial charge in [0, 0.05) is 18.2 Å². The Hall–Kier alpha value is -2.97. The highest BCUT2D eigenvalue weighted by molar-refractivity contribution is 7.89. The lowest BCUT2D eigenvalue weighted by molar-refractivity contribution is -0.120. The van der Waals surface area contributed by atoms with E-state index >= 15 is 0 Å². The van der Waals surface area contributed by atoms with Crippen LogP contribution in [-0.4, -0.2) is 26.0 Å². The van der Waals surface area contributed by atoms with Gasteiger partial charge in [0.1, 0.15) is 0 Å². The Morgan fingerprint density at radius 2 is 1.79 bits per heavy atom. The number of hydrogen-bond acceptors (Lipinski definition) is 5. The number of amides is 1. The Bertz CT molecular complexity index is 1060. The highest BCUT2D eigenvalue weighted by Crippen LogP contribution is 2.20. The first kappa shape index (κ1) is 19.8. The number of rotatable bonds is 7. The van der Waals surface area contributed by atoms with Gasteiger partial charge >= 0.3 is 0 Å². The van der Waals surface area contributed by atoms with E-state index in [1.165, 1.54) is 12.1 Å². The predicted octanol–water partition coefficient (Wildman–Crippen LogP) is 2.20. The van der Waals surface area contributed by atoms with Crippen LogP contribution in [0.25, 0.3) is 11.3 Å². The van der Waals surface area contributed by atoms with E-state index in [0.717, 1.165) is 16.7 Å². The molecule has 146 valence electrons. The van der Waals surface area contributed by atoms with Gasteiger partial charge in [-0.1, -0.05) is 47.1 Å². The molecular formula is C20H21N3O4S. The summed E-state index contributed by atoms with van der Waals surface area (Å²) < 4.78 is 27.8. The normalized spacial score (nSPS) is 11.4. The van der Waals surface area contributed by atoms with E-state index < -0.39 is 10.0 Å². The van der Waals surface area contributed by atoms with Gasteiger partial charge in [0.15, 0.2) is 5.76 Å². The molecule has 0 fully saturated rings. The summed E-state index contributed by atoms with van der Waals surface area (Å²) in [4.78, 5) is 12.2. The number of benzene rings is 2. The maximum atomic E-state index is 12.1. The zero-order chi connectivity index (χ0) is 20.1. The fraction of sp³-hybridized carbons (Fsp3) is 0.200. The molecule has 3 N–H and O–H groups in total. The molecule has 1 amide bonds. The van der Waals surface area contributed by atoms with Crippen LogP contribution in [0.4, 0.5) is 0 Å². The van der Waals surface area contributed by atoms with Crippen molar-refractivity contribution in [2.75, 3.05) is 6.54 Å². The van der Waals surface area contributed by atoms with Crippen molar-refractivity contribution >= 4 is 15.9 Å². The van der Waals surface area contributed by atoms with Crippen LogP contribution in [0.15, 0.2) is 64.0 Å². The quantitative estimate of drug-likeness (QED) is 0.632. The zero-order valence-corrected chi connectivity index (χ0v) is 16.2. The predicted molar refractivity (Wildman–Crippen MR) is 105 cm³/mol. The Morgan fingerprint density at radius 1 is 1.11 bits per heavy atom. The highest BCUT2D eigenvalue weighted by atomic mass is 32.2. The number of aromatic nitrogens is 1. The van der Waals surface area contributed by atoms with Gasteiger partial charge in [-0.2, -0.15) is 0 Å². The Morgan fingerprint density at radius 3 is 2.43 bits per heavy atom. The van der Waals surface area contributed by atoms with Crippen molar-refractivity contribution in [3.05, 3.63) is 71.4 Å². The van der Waals surface area contributed by atoms with Gasteiger partial charge in [0.05, 0.1) is 17.0 Å². The Balaban J connectivity index is 1.49. The van der Waals surface area contributed by atoms with Crippen LogP contribution in [-0.2, 0) is 27.7 Å². The molecule has 0 spiro atoms. The van der Waals surface area contributed by atoms with Gasteiger partial charge in [-0.05, 0) is 31.0 Å². The monoisotopic (exact) mass is 399 g/mol. The molecule has 0 unspecified atom stereocenters. The van der Waals surface area contributed by atoms with Gasteiger partial charge < -0.3 is 9.84 Å². The van der Waals surface area contributed by atoms with E-state index in [9.17, 15) is 13.2 Å². The van der Waals surface area contributed by atoms with Crippen LogP contribution in [0.2, 0.25) is 0 Å². The van der Waals surface area contributed by atoms with E-state index in [1.807, 2.05) is 31.2 Å². The third kappa shape index (κ3) is 5.28. The van der Waals surface area contributed by atoms with E-state index in [-0.39, 0.29) is 17.2 Å². The second kappa shape index (κ2) is 8.37. The van der Waals surface area contributed by atoms with Crippen molar-refractivity contribution in [2.45, 2.75) is 24.7 Å². The van der Waals surface area contributed by atoms with Gasteiger partial charge in [-0.3, -0.25) is 4.79 Å². The summed E-state index contributed by atoms with van der Waals surface area (Å²) >= 11 is 0.